The van der Waals surface area contributed by atoms with E-state index in [9.17, 15) is 4.79 Å². The molecule has 0 bridgehead atoms. The molecule has 0 fully saturated rings. The van der Waals surface area contributed by atoms with E-state index in [2.05, 4.69) is 4.74 Å². The van der Waals surface area contributed by atoms with Crippen LogP contribution >= 0.6 is 0 Å². The minimum atomic E-state index is -0.219. The summed E-state index contributed by atoms with van der Waals surface area (Å²) in [5.74, 6) is -0.146. The predicted octanol–water partition coefficient (Wildman–Crippen LogP) is 1.49. The maximum absolute atomic E-state index is 10.6. The number of aliphatic hydroxyl groups is 1. The van der Waals surface area contributed by atoms with Gasteiger partial charge in [0, 0.05) is 6.42 Å². The first-order valence-corrected chi connectivity index (χ1v) is 4.41. The topological polar surface area (TPSA) is 46.5 Å². The van der Waals surface area contributed by atoms with Gasteiger partial charge in [-0.3, -0.25) is 4.79 Å². The number of aliphatic hydroxyl groups excluding tert-OH is 1. The third kappa shape index (κ3) is 7.54. The summed E-state index contributed by atoms with van der Waals surface area (Å²) in [7, 11) is 1.40. The van der Waals surface area contributed by atoms with Crippen molar-refractivity contribution in [1.82, 2.24) is 0 Å². The Morgan fingerprint density at radius 2 is 2.08 bits per heavy atom. The standard InChI is InChI=1S/C9H18O3/c1-8(10)6-4-3-5-7-9(11)12-2/h8,10H,3-7H2,1-2H3/t8-/m0/s1. The number of methoxy groups -OCH3 is 1. The van der Waals surface area contributed by atoms with E-state index in [1.54, 1.807) is 6.92 Å². The average Bonchev–Trinajstić information content (AvgIpc) is 2.03. The van der Waals surface area contributed by atoms with Gasteiger partial charge in [-0.2, -0.15) is 0 Å². The summed E-state index contributed by atoms with van der Waals surface area (Å²) in [5, 5.41) is 8.92. The Kier molecular flexibility index (Phi) is 6.76. The minimum Gasteiger partial charge on any atom is -0.469 e. The van der Waals surface area contributed by atoms with E-state index in [4.69, 9.17) is 5.11 Å². The van der Waals surface area contributed by atoms with Crippen LogP contribution in [0.1, 0.15) is 39.0 Å². The number of carbonyl (C=O) groups excluding carboxylic acids is 1. The molecular formula is C9H18O3. The summed E-state index contributed by atoms with van der Waals surface area (Å²) in [6, 6.07) is 0. The first-order valence-electron chi connectivity index (χ1n) is 4.41. The van der Waals surface area contributed by atoms with Crippen LogP contribution in [0, 0.1) is 0 Å². The monoisotopic (exact) mass is 174 g/mol. The lowest BCUT2D eigenvalue weighted by Gasteiger charge is -2.02. The van der Waals surface area contributed by atoms with Crippen LogP contribution in [-0.2, 0) is 9.53 Å². The van der Waals surface area contributed by atoms with Crippen LogP contribution in [-0.4, -0.2) is 24.3 Å². The zero-order valence-corrected chi connectivity index (χ0v) is 7.88. The summed E-state index contributed by atoms with van der Waals surface area (Å²) in [6.45, 7) is 1.78. The highest BCUT2D eigenvalue weighted by atomic mass is 16.5. The molecule has 0 saturated carbocycles. The van der Waals surface area contributed by atoms with Gasteiger partial charge in [-0.05, 0) is 19.8 Å². The van der Waals surface area contributed by atoms with E-state index in [0.717, 1.165) is 25.7 Å². The van der Waals surface area contributed by atoms with Gasteiger partial charge in [0.2, 0.25) is 0 Å². The van der Waals surface area contributed by atoms with Crippen LogP contribution in [0.5, 0.6) is 0 Å². The van der Waals surface area contributed by atoms with Crippen LogP contribution in [0.2, 0.25) is 0 Å². The van der Waals surface area contributed by atoms with Crippen LogP contribution in [0.4, 0.5) is 0 Å². The molecule has 0 spiro atoms. The predicted molar refractivity (Wildman–Crippen MR) is 46.8 cm³/mol. The largest absolute Gasteiger partial charge is 0.469 e. The van der Waals surface area contributed by atoms with Gasteiger partial charge in [-0.15, -0.1) is 0 Å². The summed E-state index contributed by atoms with van der Waals surface area (Å²) >= 11 is 0. The molecule has 0 heterocycles. The highest BCUT2D eigenvalue weighted by molar-refractivity contribution is 5.68. The zero-order valence-electron chi connectivity index (χ0n) is 7.88. The maximum Gasteiger partial charge on any atom is 0.305 e. The molecule has 0 aliphatic carbocycles. The first-order chi connectivity index (χ1) is 5.66. The molecule has 0 unspecified atom stereocenters. The van der Waals surface area contributed by atoms with Crippen LogP contribution in [0.3, 0.4) is 0 Å². The Labute approximate surface area is 73.7 Å². The van der Waals surface area contributed by atoms with E-state index in [-0.39, 0.29) is 12.1 Å². The molecule has 0 aliphatic heterocycles. The number of hydrogen-bond acceptors (Lipinski definition) is 3. The maximum atomic E-state index is 10.6. The molecule has 0 saturated heterocycles. The van der Waals surface area contributed by atoms with E-state index >= 15 is 0 Å². The number of ether oxygens (including phenoxy) is 1. The molecule has 0 radical (unpaired) electrons. The van der Waals surface area contributed by atoms with E-state index in [0.29, 0.717) is 6.42 Å². The lowest BCUT2D eigenvalue weighted by Crippen LogP contribution is -2.01. The van der Waals surface area contributed by atoms with Gasteiger partial charge >= 0.3 is 5.97 Å². The molecule has 12 heavy (non-hydrogen) atoms. The molecular weight excluding hydrogens is 156 g/mol. The van der Waals surface area contributed by atoms with Gasteiger partial charge < -0.3 is 9.84 Å². The second-order valence-electron chi connectivity index (χ2n) is 3.02. The Morgan fingerprint density at radius 3 is 2.58 bits per heavy atom. The Morgan fingerprint density at radius 1 is 1.42 bits per heavy atom. The third-order valence-corrected chi connectivity index (χ3v) is 1.73. The SMILES string of the molecule is COC(=O)CCCCC[C@H](C)O. The summed E-state index contributed by atoms with van der Waals surface area (Å²) < 4.78 is 4.49. The molecule has 0 rings (SSSR count). The molecule has 72 valence electrons. The molecule has 0 aromatic heterocycles. The van der Waals surface area contributed by atoms with Crippen LogP contribution in [0.25, 0.3) is 0 Å². The van der Waals surface area contributed by atoms with Gasteiger partial charge in [-0.1, -0.05) is 12.8 Å². The number of unbranched alkanes of at least 4 members (excludes halogenated alkanes) is 2. The second kappa shape index (κ2) is 7.10. The third-order valence-electron chi connectivity index (χ3n) is 1.73. The van der Waals surface area contributed by atoms with Gasteiger partial charge in [-0.25, -0.2) is 0 Å². The van der Waals surface area contributed by atoms with Crippen molar-refractivity contribution in [3.63, 3.8) is 0 Å². The first kappa shape index (κ1) is 11.4. The normalized spacial score (nSPS) is 12.6. The van der Waals surface area contributed by atoms with Crippen molar-refractivity contribution in [2.45, 2.75) is 45.1 Å². The van der Waals surface area contributed by atoms with E-state index in [1.807, 2.05) is 0 Å². The zero-order chi connectivity index (χ0) is 9.40. The van der Waals surface area contributed by atoms with Crippen molar-refractivity contribution in [2.24, 2.45) is 0 Å². The fraction of sp³-hybridized carbons (Fsp3) is 0.889. The van der Waals surface area contributed by atoms with Crippen molar-refractivity contribution >= 4 is 5.97 Å². The molecule has 0 amide bonds. The lowest BCUT2D eigenvalue weighted by molar-refractivity contribution is -0.140. The summed E-state index contributed by atoms with van der Waals surface area (Å²) in [6.07, 6.45) is 3.93. The average molecular weight is 174 g/mol. The molecule has 0 aromatic carbocycles. The Bertz CT molecular complexity index is 121. The quantitative estimate of drug-likeness (QED) is 0.490. The minimum absolute atomic E-state index is 0.146. The number of hydrogen-bond donors (Lipinski definition) is 1. The summed E-state index contributed by atoms with van der Waals surface area (Å²) in [4.78, 5) is 10.6. The highest BCUT2D eigenvalue weighted by Gasteiger charge is 2.00. The van der Waals surface area contributed by atoms with Crippen LogP contribution in [0.15, 0.2) is 0 Å². The van der Waals surface area contributed by atoms with Crippen molar-refractivity contribution in [1.29, 1.82) is 0 Å². The number of carbonyl (C=O) groups is 1. The van der Waals surface area contributed by atoms with Gasteiger partial charge in [0.1, 0.15) is 0 Å². The smallest absolute Gasteiger partial charge is 0.305 e. The fourth-order valence-corrected chi connectivity index (χ4v) is 0.988. The highest BCUT2D eigenvalue weighted by Crippen LogP contribution is 2.05. The van der Waals surface area contributed by atoms with Crippen molar-refractivity contribution in [3.8, 4) is 0 Å². The van der Waals surface area contributed by atoms with Crippen molar-refractivity contribution < 1.29 is 14.6 Å². The fourth-order valence-electron chi connectivity index (χ4n) is 0.988. The molecule has 0 aromatic rings. The molecule has 1 N–H and O–H groups in total. The molecule has 3 heteroatoms. The lowest BCUT2D eigenvalue weighted by atomic mass is 10.1. The van der Waals surface area contributed by atoms with Gasteiger partial charge in [0.05, 0.1) is 13.2 Å². The number of rotatable bonds is 6. The van der Waals surface area contributed by atoms with Crippen molar-refractivity contribution in [3.05, 3.63) is 0 Å². The van der Waals surface area contributed by atoms with Crippen molar-refractivity contribution in [2.75, 3.05) is 7.11 Å². The molecule has 0 aliphatic rings. The Hall–Kier alpha value is -0.570. The van der Waals surface area contributed by atoms with E-state index in [1.165, 1.54) is 7.11 Å². The molecule has 1 atom stereocenters. The summed E-state index contributed by atoms with van der Waals surface area (Å²) in [5.41, 5.74) is 0. The second-order valence-corrected chi connectivity index (χ2v) is 3.02. The van der Waals surface area contributed by atoms with E-state index < -0.39 is 0 Å². The Balaban J connectivity index is 3.05. The van der Waals surface area contributed by atoms with Gasteiger partial charge in [0.25, 0.3) is 0 Å². The molecule has 3 nitrogen and oxygen atoms in total. The van der Waals surface area contributed by atoms with Gasteiger partial charge in [0.15, 0.2) is 0 Å². The number of esters is 1. The van der Waals surface area contributed by atoms with Crippen LogP contribution < -0.4 is 0 Å².